The van der Waals surface area contributed by atoms with Gasteiger partial charge in [-0.2, -0.15) is 0 Å². The van der Waals surface area contributed by atoms with Crippen molar-refractivity contribution in [2.24, 2.45) is 5.73 Å². The summed E-state index contributed by atoms with van der Waals surface area (Å²) in [6.07, 6.45) is 0. The summed E-state index contributed by atoms with van der Waals surface area (Å²) in [6.45, 7) is 0.168. The highest BCUT2D eigenvalue weighted by Gasteiger charge is 2.01. The molecule has 0 spiro atoms. The van der Waals surface area contributed by atoms with Gasteiger partial charge in [0.1, 0.15) is 0 Å². The Kier molecular flexibility index (Phi) is 4.33. The fraction of sp³-hybridized carbons (Fsp3) is 0.111. The molecule has 0 bridgehead atoms. The molecule has 1 aromatic carbocycles. The average Bonchev–Trinajstić information content (AvgIpc) is 2.15. The molecule has 0 atom stereocenters. The van der Waals surface area contributed by atoms with Gasteiger partial charge in [-0.3, -0.25) is 0 Å². The van der Waals surface area contributed by atoms with Crippen molar-refractivity contribution in [3.63, 3.8) is 0 Å². The topological polar surface area (TPSA) is 67.1 Å². The molecule has 0 radical (unpaired) electrons. The van der Waals surface area contributed by atoms with Gasteiger partial charge in [0.05, 0.1) is 11.5 Å². The van der Waals surface area contributed by atoms with E-state index in [1.54, 1.807) is 24.3 Å². The molecule has 0 saturated carbocycles. The molecule has 0 heterocycles. The number of hydrogen-bond donors (Lipinski definition) is 3. The maximum Gasteiger partial charge on any atom is 0.319 e. The number of nitrogens with one attached hydrogen (secondary N) is 2. The average molecular weight is 244 g/mol. The van der Waals surface area contributed by atoms with Crippen molar-refractivity contribution < 1.29 is 4.79 Å². The molecule has 0 aliphatic carbocycles. The van der Waals surface area contributed by atoms with Gasteiger partial charge in [0.15, 0.2) is 0 Å². The van der Waals surface area contributed by atoms with Crippen molar-refractivity contribution >= 4 is 40.5 Å². The van der Waals surface area contributed by atoms with E-state index in [9.17, 15) is 4.79 Å². The Bertz CT molecular complexity index is 383. The number of urea groups is 1. The van der Waals surface area contributed by atoms with Gasteiger partial charge in [-0.25, -0.2) is 4.79 Å². The second-order valence-electron chi connectivity index (χ2n) is 2.78. The van der Waals surface area contributed by atoms with Crippen LogP contribution >= 0.6 is 23.8 Å². The van der Waals surface area contributed by atoms with Crippen LogP contribution in [0.1, 0.15) is 0 Å². The molecule has 0 fully saturated rings. The van der Waals surface area contributed by atoms with Crippen LogP contribution in [0.3, 0.4) is 0 Å². The van der Waals surface area contributed by atoms with Gasteiger partial charge in [0.2, 0.25) is 0 Å². The number of thiocarbonyl (C=S) groups is 1. The van der Waals surface area contributed by atoms with Crippen LogP contribution < -0.4 is 16.4 Å². The maximum atomic E-state index is 11.2. The van der Waals surface area contributed by atoms with E-state index in [1.807, 2.05) is 0 Å². The van der Waals surface area contributed by atoms with Crippen molar-refractivity contribution in [1.29, 1.82) is 0 Å². The van der Waals surface area contributed by atoms with Crippen LogP contribution in [0.4, 0.5) is 10.5 Å². The molecule has 80 valence electrons. The Labute approximate surface area is 97.8 Å². The second-order valence-corrected chi connectivity index (χ2v) is 3.75. The lowest BCUT2D eigenvalue weighted by Crippen LogP contribution is -2.35. The van der Waals surface area contributed by atoms with Crippen molar-refractivity contribution in [2.45, 2.75) is 0 Å². The summed E-state index contributed by atoms with van der Waals surface area (Å²) in [5.41, 5.74) is 5.84. The molecule has 0 unspecified atom stereocenters. The van der Waals surface area contributed by atoms with Gasteiger partial charge < -0.3 is 16.4 Å². The van der Waals surface area contributed by atoms with E-state index in [0.717, 1.165) is 0 Å². The van der Waals surface area contributed by atoms with E-state index in [4.69, 9.17) is 17.3 Å². The lowest BCUT2D eigenvalue weighted by Gasteiger charge is -2.06. The molecule has 6 heteroatoms. The van der Waals surface area contributed by atoms with Gasteiger partial charge >= 0.3 is 6.03 Å². The predicted octanol–water partition coefficient (Wildman–Crippen LogP) is 1.75. The monoisotopic (exact) mass is 243 g/mol. The first-order valence-corrected chi connectivity index (χ1v) is 4.95. The van der Waals surface area contributed by atoms with Crippen molar-refractivity contribution in [3.8, 4) is 0 Å². The molecule has 0 aliphatic rings. The number of nitrogens with two attached hydrogens (primary N) is 1. The van der Waals surface area contributed by atoms with E-state index < -0.39 is 0 Å². The Morgan fingerprint density at radius 1 is 1.53 bits per heavy atom. The molecule has 4 nitrogen and oxygen atoms in total. The minimum absolute atomic E-state index is 0.168. The Hall–Kier alpha value is -1.33. The fourth-order valence-corrected chi connectivity index (χ4v) is 1.17. The van der Waals surface area contributed by atoms with Gasteiger partial charge in [-0.05, 0) is 18.2 Å². The number of carbonyl (C=O) groups is 1. The van der Waals surface area contributed by atoms with Crippen LogP contribution in [-0.2, 0) is 0 Å². The minimum Gasteiger partial charge on any atom is -0.392 e. The molecule has 4 N–H and O–H groups in total. The first-order valence-electron chi connectivity index (χ1n) is 4.16. The molecular formula is C9H10ClN3OS. The summed E-state index contributed by atoms with van der Waals surface area (Å²) in [6, 6.07) is 6.46. The summed E-state index contributed by atoms with van der Waals surface area (Å²) in [5.74, 6) is 0. The number of anilines is 1. The maximum absolute atomic E-state index is 11.2. The van der Waals surface area contributed by atoms with Crippen LogP contribution in [0, 0.1) is 0 Å². The third-order valence-corrected chi connectivity index (χ3v) is 1.89. The van der Waals surface area contributed by atoms with Crippen LogP contribution in [0.2, 0.25) is 5.02 Å². The molecule has 0 aliphatic heterocycles. The van der Waals surface area contributed by atoms with Gasteiger partial charge in [0, 0.05) is 10.7 Å². The van der Waals surface area contributed by atoms with Gasteiger partial charge in [-0.1, -0.05) is 29.9 Å². The minimum atomic E-state index is -0.370. The standard InChI is InChI=1S/C9H10ClN3OS/c10-6-2-1-3-7(4-6)13-9(14)12-5-8(11)15/h1-4H,5H2,(H2,11,15)(H2,12,13,14). The first kappa shape index (κ1) is 11.7. The van der Waals surface area contributed by atoms with E-state index in [-0.39, 0.29) is 17.6 Å². The smallest absolute Gasteiger partial charge is 0.319 e. The summed E-state index contributed by atoms with van der Waals surface area (Å²) in [7, 11) is 0. The second kappa shape index (κ2) is 5.53. The first-order chi connectivity index (χ1) is 7.08. The fourth-order valence-electron chi connectivity index (χ4n) is 0.909. The number of benzene rings is 1. The highest BCUT2D eigenvalue weighted by molar-refractivity contribution is 7.80. The lowest BCUT2D eigenvalue weighted by atomic mass is 10.3. The van der Waals surface area contributed by atoms with E-state index in [1.165, 1.54) is 0 Å². The normalized spacial score (nSPS) is 9.40. The molecule has 0 saturated heterocycles. The van der Waals surface area contributed by atoms with Gasteiger partial charge in [0.25, 0.3) is 0 Å². The molecule has 1 rings (SSSR count). The van der Waals surface area contributed by atoms with Crippen LogP contribution in [0.5, 0.6) is 0 Å². The van der Waals surface area contributed by atoms with E-state index in [0.29, 0.717) is 10.7 Å². The van der Waals surface area contributed by atoms with Crippen LogP contribution in [0.15, 0.2) is 24.3 Å². The van der Waals surface area contributed by atoms with Gasteiger partial charge in [-0.15, -0.1) is 0 Å². The Balaban J connectivity index is 2.48. The Morgan fingerprint density at radius 2 is 2.27 bits per heavy atom. The summed E-state index contributed by atoms with van der Waals surface area (Å²) in [4.78, 5) is 11.5. The molecular weight excluding hydrogens is 234 g/mol. The highest BCUT2D eigenvalue weighted by Crippen LogP contribution is 2.14. The zero-order chi connectivity index (χ0) is 11.3. The van der Waals surface area contributed by atoms with Crippen LogP contribution in [0.25, 0.3) is 0 Å². The molecule has 2 amide bonds. The number of hydrogen-bond acceptors (Lipinski definition) is 2. The largest absolute Gasteiger partial charge is 0.392 e. The van der Waals surface area contributed by atoms with E-state index in [2.05, 4.69) is 22.9 Å². The zero-order valence-corrected chi connectivity index (χ0v) is 9.36. The molecule has 15 heavy (non-hydrogen) atoms. The molecule has 0 aromatic heterocycles. The number of carbonyl (C=O) groups excluding carboxylic acids is 1. The Morgan fingerprint density at radius 3 is 2.87 bits per heavy atom. The number of amides is 2. The third-order valence-electron chi connectivity index (χ3n) is 1.51. The van der Waals surface area contributed by atoms with Crippen molar-refractivity contribution in [2.75, 3.05) is 11.9 Å². The summed E-state index contributed by atoms with van der Waals surface area (Å²) < 4.78 is 0. The number of halogens is 1. The zero-order valence-electron chi connectivity index (χ0n) is 7.79. The lowest BCUT2D eigenvalue weighted by molar-refractivity contribution is 0.253. The summed E-state index contributed by atoms with van der Waals surface area (Å²) >= 11 is 10.4. The number of rotatable bonds is 3. The molecule has 1 aromatic rings. The highest BCUT2D eigenvalue weighted by atomic mass is 35.5. The van der Waals surface area contributed by atoms with Crippen LogP contribution in [-0.4, -0.2) is 17.6 Å². The quantitative estimate of drug-likeness (QED) is 0.709. The van der Waals surface area contributed by atoms with E-state index >= 15 is 0 Å². The summed E-state index contributed by atoms with van der Waals surface area (Å²) in [5, 5.41) is 5.64. The predicted molar refractivity (Wildman–Crippen MR) is 65.3 cm³/mol. The third kappa shape index (κ3) is 4.62. The van der Waals surface area contributed by atoms with Crippen molar-refractivity contribution in [1.82, 2.24) is 5.32 Å². The SMILES string of the molecule is NC(=S)CNC(=O)Nc1cccc(Cl)c1. The van der Waals surface area contributed by atoms with Crippen molar-refractivity contribution in [3.05, 3.63) is 29.3 Å².